The van der Waals surface area contributed by atoms with E-state index in [9.17, 15) is 0 Å². The number of halogens is 1. The summed E-state index contributed by atoms with van der Waals surface area (Å²) in [5.41, 5.74) is 0. The quantitative estimate of drug-likeness (QED) is 0.799. The van der Waals surface area contributed by atoms with E-state index in [4.69, 9.17) is 4.74 Å². The molecule has 1 saturated heterocycles. The van der Waals surface area contributed by atoms with Crippen molar-refractivity contribution in [2.75, 3.05) is 24.6 Å². The molecule has 0 atom stereocenters. The summed E-state index contributed by atoms with van der Waals surface area (Å²) in [5, 5.41) is 0. The summed E-state index contributed by atoms with van der Waals surface area (Å²) in [6.45, 7) is 4.63. The van der Waals surface area contributed by atoms with Gasteiger partial charge < -0.3 is 9.64 Å². The molecule has 1 aliphatic rings. The van der Waals surface area contributed by atoms with Crippen LogP contribution in [0.1, 0.15) is 19.8 Å². The maximum Gasteiger partial charge on any atom is 0.234 e. The molecule has 1 fully saturated rings. The number of alkyl halides is 1. The Morgan fingerprint density at radius 1 is 1.44 bits per heavy atom. The Morgan fingerprint density at radius 3 is 2.88 bits per heavy atom. The summed E-state index contributed by atoms with van der Waals surface area (Å²) < 4.78 is 5.35. The standard InChI is InChI=1S/C11H16BrN3O/c1-2-16-11-8-13-7-10(14-11)15-5-3-9(12)4-6-15/h7-9H,2-6H2,1H3. The lowest BCUT2D eigenvalue weighted by atomic mass is 10.1. The largest absolute Gasteiger partial charge is 0.477 e. The van der Waals surface area contributed by atoms with Crippen molar-refractivity contribution in [2.45, 2.75) is 24.6 Å². The number of hydrogen-bond donors (Lipinski definition) is 0. The average Bonchev–Trinajstić information content (AvgIpc) is 2.31. The third-order valence-corrected chi connectivity index (χ3v) is 3.56. The number of ether oxygens (including phenoxy) is 1. The first-order valence-corrected chi connectivity index (χ1v) is 6.55. The van der Waals surface area contributed by atoms with Gasteiger partial charge in [0, 0.05) is 17.9 Å². The highest BCUT2D eigenvalue weighted by molar-refractivity contribution is 9.09. The number of piperidine rings is 1. The molecule has 2 rings (SSSR count). The molecule has 88 valence electrons. The second-order valence-corrected chi connectivity index (χ2v) is 5.11. The summed E-state index contributed by atoms with van der Waals surface area (Å²) in [6.07, 6.45) is 5.77. The van der Waals surface area contributed by atoms with Crippen LogP contribution < -0.4 is 9.64 Å². The molecular formula is C11H16BrN3O. The molecule has 0 aromatic carbocycles. The van der Waals surface area contributed by atoms with E-state index in [0.717, 1.165) is 31.7 Å². The predicted molar refractivity (Wildman–Crippen MR) is 67.4 cm³/mol. The Hall–Kier alpha value is -0.840. The fourth-order valence-corrected chi connectivity index (χ4v) is 2.19. The van der Waals surface area contributed by atoms with Crippen molar-refractivity contribution >= 4 is 21.7 Å². The third kappa shape index (κ3) is 2.84. The van der Waals surface area contributed by atoms with Gasteiger partial charge in [-0.05, 0) is 19.8 Å². The van der Waals surface area contributed by atoms with Crippen molar-refractivity contribution in [3.8, 4) is 5.88 Å². The lowest BCUT2D eigenvalue weighted by molar-refractivity contribution is 0.325. The van der Waals surface area contributed by atoms with E-state index in [1.54, 1.807) is 12.4 Å². The molecule has 0 N–H and O–H groups in total. The van der Waals surface area contributed by atoms with Gasteiger partial charge in [-0.15, -0.1) is 0 Å². The van der Waals surface area contributed by atoms with Gasteiger partial charge in [0.15, 0.2) is 5.82 Å². The van der Waals surface area contributed by atoms with Crippen LogP contribution in [0.15, 0.2) is 12.4 Å². The van der Waals surface area contributed by atoms with Gasteiger partial charge in [-0.2, -0.15) is 4.98 Å². The fraction of sp³-hybridized carbons (Fsp3) is 0.636. The van der Waals surface area contributed by atoms with E-state index >= 15 is 0 Å². The average molecular weight is 286 g/mol. The zero-order valence-electron chi connectivity index (χ0n) is 9.40. The number of anilines is 1. The second-order valence-electron chi connectivity index (χ2n) is 3.81. The minimum Gasteiger partial charge on any atom is -0.477 e. The minimum atomic E-state index is 0.612. The zero-order chi connectivity index (χ0) is 11.4. The SMILES string of the molecule is CCOc1cncc(N2CCC(Br)CC2)n1. The number of aromatic nitrogens is 2. The van der Waals surface area contributed by atoms with Crippen molar-refractivity contribution in [2.24, 2.45) is 0 Å². The van der Waals surface area contributed by atoms with Crippen molar-refractivity contribution in [1.29, 1.82) is 0 Å². The van der Waals surface area contributed by atoms with Crippen LogP contribution in [0.4, 0.5) is 5.82 Å². The molecule has 4 nitrogen and oxygen atoms in total. The van der Waals surface area contributed by atoms with Gasteiger partial charge in [0.2, 0.25) is 5.88 Å². The van der Waals surface area contributed by atoms with Crippen molar-refractivity contribution < 1.29 is 4.74 Å². The fourth-order valence-electron chi connectivity index (χ4n) is 1.79. The molecule has 1 aromatic heterocycles. The lowest BCUT2D eigenvalue weighted by Gasteiger charge is -2.30. The van der Waals surface area contributed by atoms with Crippen LogP contribution in [0.25, 0.3) is 0 Å². The maximum absolute atomic E-state index is 5.35. The molecule has 1 aromatic rings. The van der Waals surface area contributed by atoms with Crippen molar-refractivity contribution in [3.63, 3.8) is 0 Å². The maximum atomic E-state index is 5.35. The van der Waals surface area contributed by atoms with E-state index < -0.39 is 0 Å². The second kappa shape index (κ2) is 5.48. The normalized spacial score (nSPS) is 17.5. The van der Waals surface area contributed by atoms with Crippen LogP contribution in [-0.2, 0) is 0 Å². The summed E-state index contributed by atoms with van der Waals surface area (Å²) in [5.74, 6) is 1.53. The Morgan fingerprint density at radius 2 is 2.19 bits per heavy atom. The van der Waals surface area contributed by atoms with Crippen LogP contribution in [0, 0.1) is 0 Å². The van der Waals surface area contributed by atoms with E-state index in [1.165, 1.54) is 0 Å². The van der Waals surface area contributed by atoms with Crippen LogP contribution in [0.3, 0.4) is 0 Å². The molecule has 0 bridgehead atoms. The molecule has 0 radical (unpaired) electrons. The molecule has 1 aliphatic heterocycles. The highest BCUT2D eigenvalue weighted by Gasteiger charge is 2.18. The van der Waals surface area contributed by atoms with Gasteiger partial charge >= 0.3 is 0 Å². The first-order chi connectivity index (χ1) is 7.79. The first kappa shape index (κ1) is 11.6. The Balaban J connectivity index is 2.05. The molecule has 0 amide bonds. The summed E-state index contributed by atoms with van der Waals surface area (Å²) in [6, 6.07) is 0. The topological polar surface area (TPSA) is 38.2 Å². The van der Waals surface area contributed by atoms with Crippen LogP contribution in [-0.4, -0.2) is 34.5 Å². The predicted octanol–water partition coefficient (Wildman–Crippen LogP) is 2.24. The summed E-state index contributed by atoms with van der Waals surface area (Å²) >= 11 is 3.64. The number of hydrogen-bond acceptors (Lipinski definition) is 4. The molecule has 0 saturated carbocycles. The van der Waals surface area contributed by atoms with Crippen molar-refractivity contribution in [1.82, 2.24) is 9.97 Å². The van der Waals surface area contributed by atoms with Crippen molar-refractivity contribution in [3.05, 3.63) is 12.4 Å². The molecule has 16 heavy (non-hydrogen) atoms. The van der Waals surface area contributed by atoms with Gasteiger partial charge in [-0.1, -0.05) is 15.9 Å². The van der Waals surface area contributed by atoms with Gasteiger partial charge in [0.05, 0.1) is 19.0 Å². The third-order valence-electron chi connectivity index (χ3n) is 2.64. The minimum absolute atomic E-state index is 0.612. The summed E-state index contributed by atoms with van der Waals surface area (Å²) in [7, 11) is 0. The van der Waals surface area contributed by atoms with Crippen LogP contribution >= 0.6 is 15.9 Å². The van der Waals surface area contributed by atoms with E-state index in [0.29, 0.717) is 17.3 Å². The first-order valence-electron chi connectivity index (χ1n) is 5.63. The lowest BCUT2D eigenvalue weighted by Crippen LogP contribution is -2.34. The highest BCUT2D eigenvalue weighted by atomic mass is 79.9. The van der Waals surface area contributed by atoms with Crippen LogP contribution in [0.2, 0.25) is 0 Å². The highest BCUT2D eigenvalue weighted by Crippen LogP contribution is 2.22. The van der Waals surface area contributed by atoms with E-state index in [2.05, 4.69) is 30.8 Å². The number of nitrogens with zero attached hydrogens (tertiary/aromatic N) is 3. The zero-order valence-corrected chi connectivity index (χ0v) is 11.0. The monoisotopic (exact) mass is 285 g/mol. The van der Waals surface area contributed by atoms with Gasteiger partial charge in [-0.25, -0.2) is 0 Å². The number of rotatable bonds is 3. The molecule has 2 heterocycles. The Bertz CT molecular complexity index is 340. The Labute approximate surface area is 104 Å². The van der Waals surface area contributed by atoms with Gasteiger partial charge in [0.25, 0.3) is 0 Å². The Kier molecular flexibility index (Phi) is 3.98. The van der Waals surface area contributed by atoms with E-state index in [1.807, 2.05) is 6.92 Å². The van der Waals surface area contributed by atoms with E-state index in [-0.39, 0.29) is 0 Å². The molecule has 0 unspecified atom stereocenters. The van der Waals surface area contributed by atoms with Crippen LogP contribution in [0.5, 0.6) is 5.88 Å². The smallest absolute Gasteiger partial charge is 0.234 e. The molecule has 0 aliphatic carbocycles. The molecule has 0 spiro atoms. The molecule has 5 heteroatoms. The van der Waals surface area contributed by atoms with Gasteiger partial charge in [0.1, 0.15) is 0 Å². The molecular weight excluding hydrogens is 270 g/mol. The summed E-state index contributed by atoms with van der Waals surface area (Å²) in [4.78, 5) is 11.5. The van der Waals surface area contributed by atoms with Gasteiger partial charge in [-0.3, -0.25) is 4.98 Å².